The number of aryl methyl sites for hydroxylation is 1. The minimum atomic E-state index is -0.562. The molecule has 5 aromatic rings. The first-order valence-electron chi connectivity index (χ1n) is 13.6. The quantitative estimate of drug-likeness (QED) is 0.286. The molecule has 10 nitrogen and oxygen atoms in total. The number of anilines is 2. The highest BCUT2D eigenvalue weighted by Crippen LogP contribution is 2.30. The highest BCUT2D eigenvalue weighted by molar-refractivity contribution is 6.04. The predicted molar refractivity (Wildman–Crippen MR) is 164 cm³/mol. The fourth-order valence-corrected chi connectivity index (χ4v) is 5.35. The molecule has 0 saturated heterocycles. The van der Waals surface area contributed by atoms with E-state index in [1.165, 1.54) is 0 Å². The lowest BCUT2D eigenvalue weighted by Gasteiger charge is -2.23. The van der Waals surface area contributed by atoms with Gasteiger partial charge in [0, 0.05) is 41.9 Å². The first-order valence-corrected chi connectivity index (χ1v) is 13.6. The number of allylic oxidation sites excluding steroid dienone is 1. The van der Waals surface area contributed by atoms with Gasteiger partial charge in [0.15, 0.2) is 5.82 Å². The molecule has 0 fully saturated rings. The Kier molecular flexibility index (Phi) is 6.63. The van der Waals surface area contributed by atoms with Gasteiger partial charge in [0.1, 0.15) is 11.4 Å². The average molecular weight is 559 g/mol. The number of nitrogens with two attached hydrogens (primary N) is 1. The summed E-state index contributed by atoms with van der Waals surface area (Å²) in [6, 6.07) is 16.3. The fourth-order valence-electron chi connectivity index (χ4n) is 5.35. The van der Waals surface area contributed by atoms with E-state index < -0.39 is 6.04 Å². The molecule has 10 heteroatoms. The summed E-state index contributed by atoms with van der Waals surface area (Å²) in [6.45, 7) is 5.75. The van der Waals surface area contributed by atoms with Crippen molar-refractivity contribution in [1.82, 2.24) is 29.4 Å². The number of carbonyl (C=O) groups excluding carboxylic acids is 1. The third-order valence-electron chi connectivity index (χ3n) is 7.26. The Morgan fingerprint density at radius 1 is 1.14 bits per heavy atom. The number of para-hydroxylation sites is 1. The van der Waals surface area contributed by atoms with Gasteiger partial charge in [0.2, 0.25) is 0 Å². The maximum absolute atomic E-state index is 14.2. The molecule has 2 aromatic carbocycles. The van der Waals surface area contributed by atoms with E-state index in [1.807, 2.05) is 94.7 Å². The van der Waals surface area contributed by atoms with Gasteiger partial charge in [-0.3, -0.25) is 18.8 Å². The van der Waals surface area contributed by atoms with Crippen LogP contribution < -0.4 is 21.9 Å². The van der Waals surface area contributed by atoms with Crippen LogP contribution in [-0.4, -0.2) is 36.1 Å². The van der Waals surface area contributed by atoms with Crippen LogP contribution in [0.2, 0.25) is 0 Å². The van der Waals surface area contributed by atoms with Gasteiger partial charge in [-0.2, -0.15) is 5.10 Å². The Balaban J connectivity index is 1.45. The fraction of sp³-hybridized carbons (Fsp3) is 0.188. The zero-order valence-corrected chi connectivity index (χ0v) is 23.7. The number of nitrogens with zero attached hydrogens (tertiary/aromatic N) is 5. The number of fused-ring (bicyclic) bond motifs is 2. The Labute approximate surface area is 242 Å². The van der Waals surface area contributed by atoms with Crippen LogP contribution in [0.4, 0.5) is 11.6 Å². The minimum Gasteiger partial charge on any atom is -0.381 e. The molecule has 0 saturated carbocycles. The van der Waals surface area contributed by atoms with Crippen molar-refractivity contribution in [2.75, 3.05) is 11.1 Å². The molecule has 0 radical (unpaired) electrons. The predicted octanol–water partition coefficient (Wildman–Crippen LogP) is 4.07. The molecule has 2 atom stereocenters. The largest absolute Gasteiger partial charge is 0.381 e. The van der Waals surface area contributed by atoms with E-state index in [9.17, 15) is 9.59 Å². The van der Waals surface area contributed by atoms with Crippen molar-refractivity contribution in [3.05, 3.63) is 106 Å². The van der Waals surface area contributed by atoms with Crippen molar-refractivity contribution < 1.29 is 4.79 Å². The van der Waals surface area contributed by atoms with Crippen molar-refractivity contribution in [2.24, 2.45) is 7.05 Å². The van der Waals surface area contributed by atoms with Gasteiger partial charge in [-0.05, 0) is 56.5 Å². The summed E-state index contributed by atoms with van der Waals surface area (Å²) in [5.74, 6) is 6.54. The molecule has 0 spiro atoms. The Bertz CT molecular complexity index is 2000. The molecule has 4 N–H and O–H groups in total. The summed E-state index contributed by atoms with van der Waals surface area (Å²) in [7, 11) is 1.83. The second kappa shape index (κ2) is 10.4. The highest BCUT2D eigenvalue weighted by atomic mass is 16.2. The van der Waals surface area contributed by atoms with E-state index in [4.69, 9.17) is 5.73 Å². The van der Waals surface area contributed by atoms with E-state index >= 15 is 0 Å². The van der Waals surface area contributed by atoms with Crippen molar-refractivity contribution in [3.63, 3.8) is 0 Å². The molecule has 42 heavy (non-hydrogen) atoms. The van der Waals surface area contributed by atoms with Crippen LogP contribution in [0.25, 0.3) is 22.2 Å². The summed E-state index contributed by atoms with van der Waals surface area (Å²) in [6.07, 6.45) is 5.51. The topological polar surface area (TPSA) is 125 Å². The van der Waals surface area contributed by atoms with Gasteiger partial charge in [0.25, 0.3) is 11.5 Å². The van der Waals surface area contributed by atoms with Crippen LogP contribution in [-0.2, 0) is 7.05 Å². The SMILES string of the molecule is CC1=CC(C)Nc2c(C(=O)NC(C)c3cc4cccc(C#Cc5cnn(C)c5)c4c(=O)n3-c3ccccc3)c(N)nn21. The van der Waals surface area contributed by atoms with Crippen LogP contribution in [0.5, 0.6) is 0 Å². The van der Waals surface area contributed by atoms with Gasteiger partial charge in [0.05, 0.1) is 23.2 Å². The zero-order chi connectivity index (χ0) is 29.5. The smallest absolute Gasteiger partial charge is 0.264 e. The van der Waals surface area contributed by atoms with Gasteiger partial charge in [-0.1, -0.05) is 42.2 Å². The number of carbonyl (C=O) groups is 1. The summed E-state index contributed by atoms with van der Waals surface area (Å²) in [4.78, 5) is 27.9. The zero-order valence-electron chi connectivity index (χ0n) is 23.7. The van der Waals surface area contributed by atoms with E-state index in [0.29, 0.717) is 28.1 Å². The van der Waals surface area contributed by atoms with Gasteiger partial charge in [-0.25, -0.2) is 4.68 Å². The van der Waals surface area contributed by atoms with E-state index in [1.54, 1.807) is 20.1 Å². The van der Waals surface area contributed by atoms with Crippen LogP contribution in [0.3, 0.4) is 0 Å². The Morgan fingerprint density at radius 3 is 2.67 bits per heavy atom. The Morgan fingerprint density at radius 2 is 1.93 bits per heavy atom. The molecule has 1 aliphatic rings. The number of hydrogen-bond acceptors (Lipinski definition) is 6. The molecule has 1 amide bonds. The van der Waals surface area contributed by atoms with Crippen LogP contribution in [0.15, 0.2) is 77.9 Å². The van der Waals surface area contributed by atoms with Gasteiger partial charge >= 0.3 is 0 Å². The standard InChI is InChI=1S/C32H30N8O2/c1-19-15-20(2)40-30(35-19)28(29(33)37-40)31(41)36-21(3)26-16-24-10-8-9-23(14-13-22-17-34-38(4)18-22)27(24)32(42)39(26)25-11-6-5-7-12-25/h5-12,15-19,21,35H,1-4H3,(H2,33,37)(H,36,41). The molecular formula is C32H30N8O2. The second-order valence-corrected chi connectivity index (χ2v) is 10.4. The molecule has 2 unspecified atom stereocenters. The molecule has 3 aromatic heterocycles. The molecule has 0 bridgehead atoms. The monoisotopic (exact) mass is 558 g/mol. The van der Waals surface area contributed by atoms with Crippen molar-refractivity contribution in [1.29, 1.82) is 0 Å². The third kappa shape index (κ3) is 4.71. The van der Waals surface area contributed by atoms with Crippen LogP contribution in [0, 0.1) is 11.8 Å². The van der Waals surface area contributed by atoms with Crippen LogP contribution in [0.1, 0.15) is 54.0 Å². The summed E-state index contributed by atoms with van der Waals surface area (Å²) < 4.78 is 4.95. The number of amides is 1. The number of nitrogens with one attached hydrogen (secondary N) is 2. The summed E-state index contributed by atoms with van der Waals surface area (Å²) >= 11 is 0. The van der Waals surface area contributed by atoms with E-state index in [-0.39, 0.29) is 28.9 Å². The lowest BCUT2D eigenvalue weighted by atomic mass is 10.0. The third-order valence-corrected chi connectivity index (χ3v) is 7.26. The summed E-state index contributed by atoms with van der Waals surface area (Å²) in [5.41, 5.74) is 9.78. The maximum Gasteiger partial charge on any atom is 0.264 e. The molecule has 1 aliphatic heterocycles. The van der Waals surface area contributed by atoms with Crippen molar-refractivity contribution in [3.8, 4) is 17.5 Å². The maximum atomic E-state index is 14.2. The number of aromatic nitrogens is 5. The van der Waals surface area contributed by atoms with Crippen molar-refractivity contribution >= 4 is 34.0 Å². The number of pyridine rings is 1. The number of hydrogen-bond donors (Lipinski definition) is 3. The number of nitrogen functional groups attached to an aromatic ring is 1. The van der Waals surface area contributed by atoms with Crippen molar-refractivity contribution in [2.45, 2.75) is 32.9 Å². The van der Waals surface area contributed by atoms with Crippen LogP contribution >= 0.6 is 0 Å². The lowest BCUT2D eigenvalue weighted by molar-refractivity contribution is 0.0940. The Hall–Kier alpha value is -5.56. The highest BCUT2D eigenvalue weighted by Gasteiger charge is 2.28. The van der Waals surface area contributed by atoms with Gasteiger partial charge in [-0.15, -0.1) is 5.10 Å². The second-order valence-electron chi connectivity index (χ2n) is 10.4. The first-order chi connectivity index (χ1) is 20.2. The molecular weight excluding hydrogens is 528 g/mol. The molecule has 6 rings (SSSR count). The first kappa shape index (κ1) is 26.7. The van der Waals surface area contributed by atoms with Gasteiger partial charge < -0.3 is 16.4 Å². The molecule has 4 heterocycles. The minimum absolute atomic E-state index is 0.0109. The molecule has 0 aliphatic carbocycles. The van der Waals surface area contributed by atoms with E-state index in [2.05, 4.69) is 32.7 Å². The lowest BCUT2D eigenvalue weighted by Crippen LogP contribution is -2.33. The van der Waals surface area contributed by atoms with E-state index in [0.717, 1.165) is 16.6 Å². The number of rotatable bonds is 4. The number of benzene rings is 2. The normalized spacial score (nSPS) is 14.8. The summed E-state index contributed by atoms with van der Waals surface area (Å²) in [5, 5.41) is 16.1. The molecule has 210 valence electrons. The average Bonchev–Trinajstić information content (AvgIpc) is 3.53.